The van der Waals surface area contributed by atoms with Gasteiger partial charge in [0.15, 0.2) is 43.2 Å². The first-order valence-electron chi connectivity index (χ1n) is 34.4. The minimum absolute atomic E-state index is 0.0316. The summed E-state index contributed by atoms with van der Waals surface area (Å²) in [6.07, 6.45) is -11.1. The molecule has 0 fully saturated rings. The molecule has 0 aromatic carbocycles. The van der Waals surface area contributed by atoms with E-state index in [9.17, 15) is 95.9 Å². The number of carbonyl (C=O) groups excluding carboxylic acids is 20. The molecule has 0 unspecified atom stereocenters. The third kappa shape index (κ3) is 35.2. The number of nitrogens with two attached hydrogens (primary N) is 2. The lowest BCUT2D eigenvalue weighted by molar-refractivity contribution is -0.138. The summed E-state index contributed by atoms with van der Waals surface area (Å²) >= 11 is 0. The number of carbonyl (C=O) groups is 20. The summed E-state index contributed by atoms with van der Waals surface area (Å²) in [7, 11) is 1.35. The Hall–Kier alpha value is -9.52. The smallest absolute Gasteiger partial charge is 0.259 e. The third-order valence-electron chi connectivity index (χ3n) is 16.4. The van der Waals surface area contributed by atoms with Gasteiger partial charge in [-0.25, -0.2) is 0 Å². The molecule has 592 valence electrons. The van der Waals surface area contributed by atoms with Gasteiger partial charge in [-0.05, 0) is 78.1 Å². The Bertz CT molecular complexity index is 2970. The molecule has 41 nitrogen and oxygen atoms in total. The van der Waals surface area contributed by atoms with E-state index >= 15 is 0 Å². The fourth-order valence-corrected chi connectivity index (χ4v) is 9.13. The fraction of sp³-hybridized carbons (Fsp3) is 0.688. The van der Waals surface area contributed by atoms with Crippen molar-refractivity contribution in [1.29, 1.82) is 0 Å². The SMILES string of the molecule is CC[C@@H](C)[C@H](C=O)N[C@@H](NC(=O)[C@@H](NC(=O)[C@H](NC(=O)[C@@H](NC(=O)[C@H](NC(=O)[C@H](C)N)N[C@@H](C=O)CCC(N)=O)N[C@@H](C=O)CC(C)C)N[C@@H](C)C=O)N[C@@H](C=O)[C@H](C)CC)C(=O)N[C@@H](NCC=O)C(=O)N[C@@H](C)C(=O)N[C@@H](C)C(=O)N[C@H](N[C@@H](C=O)[C@H](C)CC)C(=O)N[C@@H](C)C(=O)N[C@@H](C)C(=O)NC. The van der Waals surface area contributed by atoms with E-state index in [1.165, 1.54) is 41.7 Å². The van der Waals surface area contributed by atoms with Gasteiger partial charge in [-0.1, -0.05) is 74.7 Å². The second-order valence-electron chi connectivity index (χ2n) is 25.7. The molecule has 0 radical (unpaired) electrons. The van der Waals surface area contributed by atoms with Crippen molar-refractivity contribution in [3.63, 3.8) is 0 Å². The van der Waals surface area contributed by atoms with Crippen molar-refractivity contribution in [3.05, 3.63) is 0 Å². The molecule has 13 amide bonds. The standard InChI is InChI=1S/C64H111N21O20/c1-16-31(6)42(27-90)76-50(59(100)73-38(13)55(96)70-36(11)54(95)67-15)81-57(98)39(14)71-56(97)37(12)72-58(99)46(68-21-22-86)79-63(104)51(77-43(28-91)32(7)17-2)85-64(105)52(78-44(29-92)33(8)18-3)84-60(101)47(69-34(9)24-87)82-62(103)49(75-41(26-89)23-30(4)5)83-61(102)48(80-53(94)35(10)65)74-40(25-88)19-20-45(66)93/h22,24-44,46-52,68-69,74-78H,16-21,23,65H2,1-15H3,(H2,66,93)(H,67,95)(H,70,96)(H,71,97)(H,72,99)(H,73,100)(H,79,104)(H,80,94)(H,81,98)(H,82,103)(H,83,102)(H,84,101)(H,85,105)/t31-,32-,33-,34+,35+,36+,37+,38+,39+,40-,41-,42+,43+,44+,46-,47+,48+,49-,50+,51+,52-/m1/s1. The fourth-order valence-electron chi connectivity index (χ4n) is 9.13. The van der Waals surface area contributed by atoms with Crippen molar-refractivity contribution in [1.82, 2.24) is 101 Å². The predicted molar refractivity (Wildman–Crippen MR) is 376 cm³/mol. The van der Waals surface area contributed by atoms with E-state index in [1.54, 1.807) is 55.4 Å². The van der Waals surface area contributed by atoms with E-state index in [-0.39, 0.29) is 50.2 Å². The van der Waals surface area contributed by atoms with Crippen molar-refractivity contribution in [2.24, 2.45) is 35.1 Å². The number of aldehydes is 7. The van der Waals surface area contributed by atoms with Gasteiger partial charge in [0.05, 0.1) is 48.8 Å². The summed E-state index contributed by atoms with van der Waals surface area (Å²) in [6, 6.07) is -14.2. The normalized spacial score (nSPS) is 17.2. The molecule has 0 aliphatic heterocycles. The maximum atomic E-state index is 14.8. The molecular formula is C64H111N21O20. The molecule has 0 heterocycles. The second kappa shape index (κ2) is 50.0. The van der Waals surface area contributed by atoms with Gasteiger partial charge in [0.25, 0.3) is 41.4 Å². The highest BCUT2D eigenvalue weighted by atomic mass is 16.2. The van der Waals surface area contributed by atoms with E-state index in [1.807, 2.05) is 0 Å². The van der Waals surface area contributed by atoms with Gasteiger partial charge in [-0.15, -0.1) is 0 Å². The lowest BCUT2D eigenvalue weighted by atomic mass is 10.00. The van der Waals surface area contributed by atoms with Crippen molar-refractivity contribution in [3.8, 4) is 0 Å². The summed E-state index contributed by atoms with van der Waals surface area (Å²) in [5.74, 6) is -16.0. The highest BCUT2D eigenvalue weighted by Crippen LogP contribution is 2.11. The molecule has 0 aromatic heterocycles. The number of likely N-dealkylation sites (N-methyl/N-ethyl adjacent to an activating group) is 1. The highest BCUT2D eigenvalue weighted by molar-refractivity contribution is 5.99. The highest BCUT2D eigenvalue weighted by Gasteiger charge is 2.39. The Kier molecular flexibility index (Phi) is 45.5. The summed E-state index contributed by atoms with van der Waals surface area (Å²) in [5.41, 5.74) is 11.0. The van der Waals surface area contributed by atoms with Gasteiger partial charge in [0.2, 0.25) is 35.4 Å². The summed E-state index contributed by atoms with van der Waals surface area (Å²) in [5, 5.41) is 46.2. The number of amides is 13. The van der Waals surface area contributed by atoms with Crippen LogP contribution >= 0.6 is 0 Å². The molecule has 0 saturated carbocycles. The second-order valence-corrected chi connectivity index (χ2v) is 25.7. The lowest BCUT2D eigenvalue weighted by Gasteiger charge is -2.32. The van der Waals surface area contributed by atoms with Crippen LogP contribution < -0.4 is 112 Å². The Balaban J connectivity index is 7.58. The average Bonchev–Trinajstić information content (AvgIpc) is 0.839. The summed E-state index contributed by atoms with van der Waals surface area (Å²) in [6.45, 7) is 20.2. The van der Waals surface area contributed by atoms with Gasteiger partial charge < -0.3 is 109 Å². The molecule has 105 heavy (non-hydrogen) atoms. The summed E-state index contributed by atoms with van der Waals surface area (Å²) in [4.78, 5) is 264. The van der Waals surface area contributed by atoms with Crippen molar-refractivity contribution in [2.45, 2.75) is 245 Å². The van der Waals surface area contributed by atoms with Crippen LogP contribution in [-0.2, 0) is 95.9 Å². The molecule has 0 bridgehead atoms. The maximum absolute atomic E-state index is 14.8. The van der Waals surface area contributed by atoms with Crippen LogP contribution in [0.2, 0.25) is 0 Å². The van der Waals surface area contributed by atoms with Gasteiger partial charge in [-0.2, -0.15) is 0 Å². The molecular weight excluding hydrogens is 1380 g/mol. The predicted octanol–water partition coefficient (Wildman–Crippen LogP) is -9.60. The third-order valence-corrected chi connectivity index (χ3v) is 16.4. The zero-order valence-corrected chi connectivity index (χ0v) is 62.0. The number of hydrogen-bond donors (Lipinski definition) is 21. The minimum atomic E-state index is -2.15. The van der Waals surface area contributed by atoms with Gasteiger partial charge in [-0.3, -0.25) is 99.5 Å². The molecule has 0 aliphatic carbocycles. The van der Waals surface area contributed by atoms with Crippen molar-refractivity contribution < 1.29 is 95.9 Å². The van der Waals surface area contributed by atoms with Crippen molar-refractivity contribution in [2.75, 3.05) is 13.6 Å². The van der Waals surface area contributed by atoms with E-state index in [4.69, 9.17) is 11.5 Å². The van der Waals surface area contributed by atoms with Crippen molar-refractivity contribution >= 4 is 121 Å². The number of hydrogen-bond acceptors (Lipinski definition) is 28. The molecule has 41 heteroatoms. The van der Waals surface area contributed by atoms with E-state index < -0.39 is 205 Å². The Morgan fingerprint density at radius 3 is 0.952 bits per heavy atom. The number of rotatable bonds is 55. The molecule has 0 aromatic rings. The first kappa shape index (κ1) is 95.5. The monoisotopic (exact) mass is 1490 g/mol. The van der Waals surface area contributed by atoms with Gasteiger partial charge in [0.1, 0.15) is 68.2 Å². The molecule has 0 spiro atoms. The molecule has 21 atom stereocenters. The van der Waals surface area contributed by atoms with Crippen LogP contribution in [0.3, 0.4) is 0 Å². The number of nitrogens with one attached hydrogen (secondary N) is 19. The van der Waals surface area contributed by atoms with Crippen LogP contribution in [-0.4, -0.2) is 244 Å². The summed E-state index contributed by atoms with van der Waals surface area (Å²) < 4.78 is 0. The van der Waals surface area contributed by atoms with Crippen LogP contribution in [0, 0.1) is 23.7 Å². The maximum Gasteiger partial charge on any atom is 0.259 e. The van der Waals surface area contributed by atoms with Gasteiger partial charge >= 0.3 is 0 Å². The van der Waals surface area contributed by atoms with Crippen LogP contribution in [0.1, 0.15) is 135 Å². The first-order chi connectivity index (χ1) is 49.3. The quantitative estimate of drug-likeness (QED) is 0.0199. The lowest BCUT2D eigenvalue weighted by Crippen LogP contribution is -2.70. The molecule has 0 aliphatic rings. The van der Waals surface area contributed by atoms with E-state index in [2.05, 4.69) is 101 Å². The zero-order chi connectivity index (χ0) is 80.5. The van der Waals surface area contributed by atoms with Gasteiger partial charge in [0, 0.05) is 13.5 Å². The first-order valence-corrected chi connectivity index (χ1v) is 34.4. The average molecular weight is 1490 g/mol. The Morgan fingerprint density at radius 1 is 0.343 bits per heavy atom. The number of primary amides is 1. The molecule has 23 N–H and O–H groups in total. The Morgan fingerprint density at radius 2 is 0.638 bits per heavy atom. The molecule has 0 saturated heterocycles. The van der Waals surface area contributed by atoms with E-state index in [0.29, 0.717) is 44.1 Å². The Labute approximate surface area is 609 Å². The van der Waals surface area contributed by atoms with Crippen LogP contribution in [0.5, 0.6) is 0 Å². The minimum Gasteiger partial charge on any atom is -0.370 e. The topological polar surface area (TPSA) is 622 Å². The van der Waals surface area contributed by atoms with E-state index in [0.717, 1.165) is 6.92 Å². The zero-order valence-electron chi connectivity index (χ0n) is 62.0. The molecule has 0 rings (SSSR count). The van der Waals surface area contributed by atoms with Crippen LogP contribution in [0.4, 0.5) is 0 Å². The largest absolute Gasteiger partial charge is 0.370 e. The van der Waals surface area contributed by atoms with Crippen LogP contribution in [0.25, 0.3) is 0 Å². The van der Waals surface area contributed by atoms with Crippen LogP contribution in [0.15, 0.2) is 0 Å².